The molecule has 0 radical (unpaired) electrons. The first-order valence-electron chi connectivity index (χ1n) is 8.08. The van der Waals surface area contributed by atoms with Crippen LogP contribution in [0.15, 0.2) is 48.5 Å². The molecular weight excluding hydrogens is 379 g/mol. The van der Waals surface area contributed by atoms with E-state index >= 15 is 0 Å². The second-order valence-electron chi connectivity index (χ2n) is 6.06. The number of rotatable bonds is 3. The number of fused-ring (bicyclic) bond motifs is 2. The van der Waals surface area contributed by atoms with Gasteiger partial charge in [-0.05, 0) is 36.1 Å². The number of nitrogens with one attached hydrogen (secondary N) is 1. The fraction of sp³-hybridized carbons (Fsp3) is 0.167. The summed E-state index contributed by atoms with van der Waals surface area (Å²) in [5.74, 6) is -0.884. The summed E-state index contributed by atoms with van der Waals surface area (Å²) in [6.45, 7) is 1.90. The summed E-state index contributed by atoms with van der Waals surface area (Å²) in [6.07, 6.45) is -4.64. The summed E-state index contributed by atoms with van der Waals surface area (Å²) in [5, 5.41) is 16.3. The first kappa shape index (κ1) is 17.5. The molecule has 4 rings (SSSR count). The first-order chi connectivity index (χ1) is 12.8. The third-order valence-corrected chi connectivity index (χ3v) is 4.58. The van der Waals surface area contributed by atoms with Crippen LogP contribution < -0.4 is 5.32 Å². The van der Waals surface area contributed by atoms with Crippen LogP contribution in [-0.2, 0) is 6.18 Å². The van der Waals surface area contributed by atoms with E-state index in [1.165, 1.54) is 6.07 Å². The molecule has 4 aromatic rings. The number of anilines is 1. The van der Waals surface area contributed by atoms with Crippen LogP contribution in [0.4, 0.5) is 19.0 Å². The van der Waals surface area contributed by atoms with Gasteiger partial charge >= 0.3 is 6.18 Å². The Labute approximate surface area is 156 Å². The first-order valence-corrected chi connectivity index (χ1v) is 8.46. The number of benzene rings is 2. The van der Waals surface area contributed by atoms with Crippen LogP contribution in [-0.4, -0.2) is 19.8 Å². The van der Waals surface area contributed by atoms with Crippen molar-refractivity contribution < 1.29 is 13.2 Å². The maximum atomic E-state index is 13.0. The molecule has 0 spiro atoms. The summed E-state index contributed by atoms with van der Waals surface area (Å²) in [6, 6.07) is 14.2. The fourth-order valence-electron chi connectivity index (χ4n) is 3.01. The third-order valence-electron chi connectivity index (χ3n) is 4.25. The van der Waals surface area contributed by atoms with E-state index in [1.807, 2.05) is 37.3 Å². The summed E-state index contributed by atoms with van der Waals surface area (Å²) < 4.78 is 39.8. The van der Waals surface area contributed by atoms with Gasteiger partial charge in [-0.2, -0.15) is 17.7 Å². The lowest BCUT2D eigenvalue weighted by molar-refractivity contribution is -0.146. The third kappa shape index (κ3) is 3.16. The monoisotopic (exact) mass is 391 g/mol. The molecule has 0 bridgehead atoms. The van der Waals surface area contributed by atoms with E-state index in [2.05, 4.69) is 20.6 Å². The molecule has 138 valence electrons. The second-order valence-corrected chi connectivity index (χ2v) is 6.47. The largest absolute Gasteiger partial charge is 0.453 e. The molecule has 0 saturated heterocycles. The fourth-order valence-corrected chi connectivity index (χ4v) is 3.23. The molecule has 27 heavy (non-hydrogen) atoms. The van der Waals surface area contributed by atoms with E-state index in [4.69, 9.17) is 11.6 Å². The molecule has 0 saturated carbocycles. The van der Waals surface area contributed by atoms with Crippen LogP contribution in [0.25, 0.3) is 16.4 Å². The summed E-state index contributed by atoms with van der Waals surface area (Å²) in [4.78, 5) is 0. The van der Waals surface area contributed by atoms with Gasteiger partial charge in [-0.15, -0.1) is 15.3 Å². The molecule has 0 fully saturated rings. The van der Waals surface area contributed by atoms with Gasteiger partial charge in [-0.1, -0.05) is 41.9 Å². The lowest BCUT2D eigenvalue weighted by atomic mass is 9.99. The molecule has 2 aromatic carbocycles. The van der Waals surface area contributed by atoms with Crippen molar-refractivity contribution in [2.45, 2.75) is 19.1 Å². The lowest BCUT2D eigenvalue weighted by Crippen LogP contribution is -2.14. The molecular formula is C18H13ClF3N5. The zero-order valence-corrected chi connectivity index (χ0v) is 14.8. The standard InChI is InChI=1S/C18H13ClF3N5/c1-10(11-6-7-14(19)13-5-3-2-4-12(11)13)23-15-8-9-16-24-25-17(18(20,21)22)27(16)26-15/h2-10H,1H3,(H,23,26). The minimum atomic E-state index is -4.64. The molecule has 9 heteroatoms. The van der Waals surface area contributed by atoms with Gasteiger partial charge in [0.05, 0.1) is 6.04 Å². The molecule has 1 unspecified atom stereocenters. The van der Waals surface area contributed by atoms with Gasteiger partial charge in [0.2, 0.25) is 0 Å². The maximum Gasteiger partial charge on any atom is 0.453 e. The Morgan fingerprint density at radius 3 is 2.48 bits per heavy atom. The van der Waals surface area contributed by atoms with Crippen LogP contribution in [0.2, 0.25) is 5.02 Å². The Morgan fingerprint density at radius 2 is 1.74 bits per heavy atom. The number of alkyl halides is 3. The van der Waals surface area contributed by atoms with Gasteiger partial charge in [-0.25, -0.2) is 0 Å². The highest BCUT2D eigenvalue weighted by Gasteiger charge is 2.37. The molecule has 2 heterocycles. The molecule has 2 aromatic heterocycles. The predicted octanol–water partition coefficient (Wildman–Crippen LogP) is 5.12. The van der Waals surface area contributed by atoms with Crippen molar-refractivity contribution in [1.29, 1.82) is 0 Å². The second kappa shape index (κ2) is 6.38. The van der Waals surface area contributed by atoms with Crippen LogP contribution in [0.1, 0.15) is 24.4 Å². The van der Waals surface area contributed by atoms with Crippen LogP contribution >= 0.6 is 11.6 Å². The van der Waals surface area contributed by atoms with Crippen molar-refractivity contribution in [3.05, 3.63) is 64.9 Å². The van der Waals surface area contributed by atoms with Gasteiger partial charge in [0.15, 0.2) is 5.65 Å². The molecule has 5 nitrogen and oxygen atoms in total. The highest BCUT2D eigenvalue weighted by molar-refractivity contribution is 6.35. The number of aromatic nitrogens is 4. The van der Waals surface area contributed by atoms with Gasteiger partial charge in [0, 0.05) is 10.4 Å². The molecule has 0 aliphatic rings. The van der Waals surface area contributed by atoms with Crippen molar-refractivity contribution in [3.63, 3.8) is 0 Å². The zero-order chi connectivity index (χ0) is 19.2. The van der Waals surface area contributed by atoms with Crippen molar-refractivity contribution in [3.8, 4) is 0 Å². The van der Waals surface area contributed by atoms with Gasteiger partial charge < -0.3 is 5.32 Å². The Bertz CT molecular complexity index is 1140. The highest BCUT2D eigenvalue weighted by Crippen LogP contribution is 2.31. The summed E-state index contributed by atoms with van der Waals surface area (Å²) in [7, 11) is 0. The van der Waals surface area contributed by atoms with E-state index < -0.39 is 12.0 Å². The molecule has 0 aliphatic carbocycles. The Kier molecular flexibility index (Phi) is 4.15. The number of hydrogen-bond donors (Lipinski definition) is 1. The van der Waals surface area contributed by atoms with E-state index in [0.717, 1.165) is 16.3 Å². The quantitative estimate of drug-likeness (QED) is 0.526. The minimum absolute atomic E-state index is 0.0254. The predicted molar refractivity (Wildman–Crippen MR) is 96.8 cm³/mol. The average Bonchev–Trinajstić information content (AvgIpc) is 3.06. The van der Waals surface area contributed by atoms with Crippen LogP contribution in [0.3, 0.4) is 0 Å². The van der Waals surface area contributed by atoms with Crippen molar-refractivity contribution in [2.75, 3.05) is 5.32 Å². The maximum absolute atomic E-state index is 13.0. The van der Waals surface area contributed by atoms with Crippen molar-refractivity contribution >= 4 is 33.8 Å². The van der Waals surface area contributed by atoms with Gasteiger partial charge in [0.1, 0.15) is 5.82 Å². The topological polar surface area (TPSA) is 55.1 Å². The Hall–Kier alpha value is -2.87. The highest BCUT2D eigenvalue weighted by atomic mass is 35.5. The smallest absolute Gasteiger partial charge is 0.362 e. The number of hydrogen-bond acceptors (Lipinski definition) is 4. The Balaban J connectivity index is 1.71. The van der Waals surface area contributed by atoms with E-state index in [1.54, 1.807) is 12.1 Å². The molecule has 1 atom stereocenters. The van der Waals surface area contributed by atoms with Gasteiger partial charge in [0.25, 0.3) is 5.82 Å². The normalized spacial score (nSPS) is 13.2. The molecule has 0 amide bonds. The Morgan fingerprint density at radius 1 is 1.00 bits per heavy atom. The summed E-state index contributed by atoms with van der Waals surface area (Å²) in [5.41, 5.74) is 0.981. The zero-order valence-electron chi connectivity index (χ0n) is 14.0. The lowest BCUT2D eigenvalue weighted by Gasteiger charge is -2.18. The summed E-state index contributed by atoms with van der Waals surface area (Å²) >= 11 is 6.25. The molecule has 1 N–H and O–H groups in total. The number of nitrogens with zero attached hydrogens (tertiary/aromatic N) is 4. The minimum Gasteiger partial charge on any atom is -0.362 e. The van der Waals surface area contributed by atoms with Gasteiger partial charge in [-0.3, -0.25) is 0 Å². The van der Waals surface area contributed by atoms with Crippen LogP contribution in [0, 0.1) is 0 Å². The molecule has 0 aliphatic heterocycles. The average molecular weight is 392 g/mol. The number of halogens is 4. The van der Waals surface area contributed by atoms with Crippen LogP contribution in [0.5, 0.6) is 0 Å². The van der Waals surface area contributed by atoms with Crippen molar-refractivity contribution in [2.24, 2.45) is 0 Å². The van der Waals surface area contributed by atoms with E-state index in [9.17, 15) is 13.2 Å². The SMILES string of the molecule is CC(Nc1ccc2nnc(C(F)(F)F)n2n1)c1ccc(Cl)c2ccccc12. The van der Waals surface area contributed by atoms with Crippen molar-refractivity contribution in [1.82, 2.24) is 19.8 Å². The van der Waals surface area contributed by atoms with E-state index in [0.29, 0.717) is 9.54 Å². The van der Waals surface area contributed by atoms with E-state index in [-0.39, 0.29) is 17.5 Å².